The van der Waals surface area contributed by atoms with Gasteiger partial charge in [-0.2, -0.15) is 0 Å². The summed E-state index contributed by atoms with van der Waals surface area (Å²) in [5, 5.41) is 17.2. The van der Waals surface area contributed by atoms with Crippen molar-refractivity contribution in [2.24, 2.45) is 7.05 Å². The van der Waals surface area contributed by atoms with Crippen molar-refractivity contribution in [3.05, 3.63) is 35.5 Å². The van der Waals surface area contributed by atoms with Gasteiger partial charge in [0.15, 0.2) is 5.52 Å². The zero-order chi connectivity index (χ0) is 18.1. The monoisotopic (exact) mass is 343 g/mol. The minimum atomic E-state index is -0.893. The molecule has 0 fully saturated rings. The van der Waals surface area contributed by atoms with E-state index in [-0.39, 0.29) is 24.6 Å². The molecule has 0 radical (unpaired) electrons. The van der Waals surface area contributed by atoms with Gasteiger partial charge >= 0.3 is 17.6 Å². The molecule has 0 aliphatic carbocycles. The number of esters is 2. The van der Waals surface area contributed by atoms with E-state index in [2.05, 4.69) is 5.10 Å². The van der Waals surface area contributed by atoms with Crippen molar-refractivity contribution in [3.8, 4) is 5.75 Å². The molecule has 0 saturated heterocycles. The summed E-state index contributed by atoms with van der Waals surface area (Å²) in [6.07, 6.45) is 0. The number of rotatable bonds is 4. The van der Waals surface area contributed by atoms with Crippen LogP contribution in [-0.4, -0.2) is 34.8 Å². The predicted octanol–water partition coefficient (Wildman–Crippen LogP) is 0.739. The maximum absolute atomic E-state index is 13.0. The normalized spacial score (nSPS) is 11.0. The van der Waals surface area contributed by atoms with Crippen LogP contribution in [0.4, 0.5) is 0 Å². The number of hydrogen-bond acceptors (Lipinski definition) is 6. The molecule has 3 rings (SSSR count). The molecular weight excluding hydrogens is 326 g/mol. The van der Waals surface area contributed by atoms with Gasteiger partial charge in [-0.05, 0) is 26.0 Å². The number of ether oxygens (including phenoxy) is 2. The third-order valence-electron chi connectivity index (χ3n) is 3.80. The van der Waals surface area contributed by atoms with E-state index in [9.17, 15) is 14.7 Å². The second-order valence-corrected chi connectivity index (χ2v) is 5.28. The van der Waals surface area contributed by atoms with Crippen LogP contribution in [0.2, 0.25) is 0 Å². The first-order valence-electron chi connectivity index (χ1n) is 7.85. The van der Waals surface area contributed by atoms with E-state index < -0.39 is 23.3 Å². The number of aryl methyl sites for hydroxylation is 1. The van der Waals surface area contributed by atoms with Crippen molar-refractivity contribution in [3.63, 3.8) is 0 Å². The van der Waals surface area contributed by atoms with Gasteiger partial charge in [0.25, 0.3) is 0 Å². The fourth-order valence-corrected chi connectivity index (χ4v) is 2.75. The number of imidazole rings is 1. The molecule has 8 heteroatoms. The average molecular weight is 343 g/mol. The van der Waals surface area contributed by atoms with Crippen LogP contribution in [-0.2, 0) is 16.5 Å². The minimum absolute atomic E-state index is 0.0703. The van der Waals surface area contributed by atoms with Crippen molar-refractivity contribution < 1.29 is 28.7 Å². The van der Waals surface area contributed by atoms with Gasteiger partial charge in [0, 0.05) is 5.75 Å². The molecule has 0 bridgehead atoms. The largest absolute Gasteiger partial charge is 0.866 e. The molecule has 0 saturated carbocycles. The zero-order valence-electron chi connectivity index (χ0n) is 14.1. The van der Waals surface area contributed by atoms with Crippen LogP contribution in [0.1, 0.15) is 34.7 Å². The molecule has 25 heavy (non-hydrogen) atoms. The van der Waals surface area contributed by atoms with E-state index in [1.807, 2.05) is 12.1 Å². The van der Waals surface area contributed by atoms with Crippen LogP contribution in [0.25, 0.3) is 16.7 Å². The average Bonchev–Trinajstić information content (AvgIpc) is 2.88. The van der Waals surface area contributed by atoms with Crippen molar-refractivity contribution in [2.75, 3.05) is 13.2 Å². The number of fused-ring (bicyclic) bond motifs is 3. The highest BCUT2D eigenvalue weighted by Crippen LogP contribution is 2.26. The Kier molecular flexibility index (Phi) is 4.26. The molecule has 0 aliphatic rings. The smallest absolute Gasteiger partial charge is 0.361 e. The Hall–Kier alpha value is -3.16. The van der Waals surface area contributed by atoms with Gasteiger partial charge in [-0.3, -0.25) is 0 Å². The van der Waals surface area contributed by atoms with Crippen LogP contribution < -0.4 is 9.67 Å². The maximum Gasteiger partial charge on any atom is 0.361 e. The van der Waals surface area contributed by atoms with E-state index in [4.69, 9.17) is 9.47 Å². The predicted molar refractivity (Wildman–Crippen MR) is 85.2 cm³/mol. The molecule has 1 aromatic carbocycles. The number of nitrogens with zero attached hydrogens (tertiary/aromatic N) is 3. The Morgan fingerprint density at radius 3 is 2.48 bits per heavy atom. The second kappa shape index (κ2) is 6.39. The van der Waals surface area contributed by atoms with Crippen LogP contribution in [0.5, 0.6) is 5.75 Å². The fourth-order valence-electron chi connectivity index (χ4n) is 2.75. The Morgan fingerprint density at radius 1 is 1.16 bits per heavy atom. The van der Waals surface area contributed by atoms with Gasteiger partial charge in [-0.25, -0.2) is 14.2 Å². The van der Waals surface area contributed by atoms with Gasteiger partial charge in [0.2, 0.25) is 11.2 Å². The molecule has 0 aliphatic heterocycles. The van der Waals surface area contributed by atoms with Crippen molar-refractivity contribution in [1.82, 2.24) is 9.61 Å². The second-order valence-electron chi connectivity index (χ2n) is 5.28. The lowest BCUT2D eigenvalue weighted by Gasteiger charge is -2.13. The molecule has 0 atom stereocenters. The lowest BCUT2D eigenvalue weighted by atomic mass is 10.2. The van der Waals surface area contributed by atoms with Gasteiger partial charge in [0.05, 0.1) is 25.8 Å². The highest BCUT2D eigenvalue weighted by Gasteiger charge is 2.30. The Balaban J connectivity index is 2.42. The van der Waals surface area contributed by atoms with Gasteiger partial charge in [-0.15, -0.1) is 0 Å². The summed E-state index contributed by atoms with van der Waals surface area (Å²) in [4.78, 5) is 24.5. The van der Waals surface area contributed by atoms with E-state index in [0.717, 1.165) is 5.52 Å². The summed E-state index contributed by atoms with van der Waals surface area (Å²) >= 11 is 0. The number of benzene rings is 1. The zero-order valence-corrected chi connectivity index (χ0v) is 14.1. The molecule has 130 valence electrons. The van der Waals surface area contributed by atoms with E-state index in [1.165, 1.54) is 4.52 Å². The molecule has 2 aromatic heterocycles. The van der Waals surface area contributed by atoms with E-state index in [0.29, 0.717) is 5.52 Å². The Bertz CT molecular complexity index is 993. The molecule has 0 spiro atoms. The molecule has 0 amide bonds. The van der Waals surface area contributed by atoms with Gasteiger partial charge in [-0.1, -0.05) is 21.7 Å². The highest BCUT2D eigenvalue weighted by molar-refractivity contribution is 6.05. The Morgan fingerprint density at radius 2 is 1.80 bits per heavy atom. The SMILES string of the molecule is CCOC(=O)c1nn2c3ccccc3[n+](C)c2c([O-])c1C(=O)OCC. The van der Waals surface area contributed by atoms with Crippen molar-refractivity contribution in [1.29, 1.82) is 0 Å². The number of carbonyl (C=O) groups is 2. The minimum Gasteiger partial charge on any atom is -0.866 e. The highest BCUT2D eigenvalue weighted by atomic mass is 16.5. The molecule has 3 aromatic rings. The fraction of sp³-hybridized carbons (Fsp3) is 0.294. The van der Waals surface area contributed by atoms with Crippen LogP contribution >= 0.6 is 0 Å². The van der Waals surface area contributed by atoms with Crippen LogP contribution in [0.15, 0.2) is 24.3 Å². The number of aromatic nitrogens is 3. The van der Waals surface area contributed by atoms with Crippen molar-refractivity contribution in [2.45, 2.75) is 13.8 Å². The van der Waals surface area contributed by atoms with E-state index >= 15 is 0 Å². The summed E-state index contributed by atoms with van der Waals surface area (Å²) < 4.78 is 12.9. The standard InChI is InChI=1S/C17H17N3O5/c1-4-24-16(22)12-13(17(23)25-5-2)18-20-11-9-7-6-8-10(11)19(3)15(20)14(12)21/h6-9H,4-5H2,1-3H3. The van der Waals surface area contributed by atoms with Crippen LogP contribution in [0.3, 0.4) is 0 Å². The molecule has 0 N–H and O–H groups in total. The van der Waals surface area contributed by atoms with Gasteiger partial charge < -0.3 is 14.6 Å². The molecule has 2 heterocycles. The van der Waals surface area contributed by atoms with Crippen LogP contribution in [0, 0.1) is 0 Å². The number of hydrogen-bond donors (Lipinski definition) is 0. The summed E-state index contributed by atoms with van der Waals surface area (Å²) in [6, 6.07) is 7.21. The Labute approximate surface area is 143 Å². The third-order valence-corrected chi connectivity index (χ3v) is 3.80. The topological polar surface area (TPSA) is 96.8 Å². The summed E-state index contributed by atoms with van der Waals surface area (Å²) in [5.74, 6) is -2.36. The molecule has 8 nitrogen and oxygen atoms in total. The van der Waals surface area contributed by atoms with Gasteiger partial charge in [0.1, 0.15) is 0 Å². The molecule has 0 unspecified atom stereocenters. The first kappa shape index (κ1) is 16.7. The third kappa shape index (κ3) is 2.55. The van der Waals surface area contributed by atoms with E-state index in [1.54, 1.807) is 37.6 Å². The lowest BCUT2D eigenvalue weighted by Crippen LogP contribution is -2.30. The number of para-hydroxylation sites is 2. The first-order chi connectivity index (χ1) is 12.0. The number of carbonyl (C=O) groups excluding carboxylic acids is 2. The van der Waals surface area contributed by atoms with Crippen molar-refractivity contribution >= 4 is 28.6 Å². The maximum atomic E-state index is 13.0. The summed E-state index contributed by atoms with van der Waals surface area (Å²) in [6.45, 7) is 3.41. The first-order valence-corrected chi connectivity index (χ1v) is 7.85. The quantitative estimate of drug-likeness (QED) is 0.512. The summed E-state index contributed by atoms with van der Waals surface area (Å²) in [5.41, 5.74) is 0.781. The lowest BCUT2D eigenvalue weighted by molar-refractivity contribution is -0.620. The molecular formula is C17H17N3O5. The summed E-state index contributed by atoms with van der Waals surface area (Å²) in [7, 11) is 1.69.